The Morgan fingerprint density at radius 3 is 2.67 bits per heavy atom. The first-order valence-electron chi connectivity index (χ1n) is 8.91. The average molecular weight is 377 g/mol. The maximum Gasteiger partial charge on any atom is 0.416 e. The second kappa shape index (κ2) is 8.90. The van der Waals surface area contributed by atoms with Crippen molar-refractivity contribution in [2.24, 2.45) is 5.92 Å². The molecule has 0 N–H and O–H groups in total. The molecule has 0 radical (unpaired) electrons. The zero-order chi connectivity index (χ0) is 20.0. The first-order chi connectivity index (χ1) is 12.7. The van der Waals surface area contributed by atoms with Crippen molar-refractivity contribution >= 4 is 11.5 Å². The summed E-state index contributed by atoms with van der Waals surface area (Å²) in [5.74, 6) is -0.298. The van der Waals surface area contributed by atoms with Crippen LogP contribution in [0.25, 0.3) is 5.57 Å². The molecule has 3 nitrogen and oxygen atoms in total. The number of carbonyl (C=O) groups excluding carboxylic acids is 1. The van der Waals surface area contributed by atoms with E-state index in [2.05, 4.69) is 0 Å². The summed E-state index contributed by atoms with van der Waals surface area (Å²) in [5.41, 5.74) is 0.872. The molecule has 0 fully saturated rings. The van der Waals surface area contributed by atoms with Crippen LogP contribution in [0.2, 0.25) is 0 Å². The zero-order valence-electron chi connectivity index (χ0n) is 15.4. The van der Waals surface area contributed by atoms with E-state index >= 15 is 0 Å². The van der Waals surface area contributed by atoms with E-state index in [1.54, 1.807) is 12.1 Å². The number of nitriles is 1. The summed E-state index contributed by atoms with van der Waals surface area (Å²) in [6, 6.07) is 6.99. The Labute approximate surface area is 157 Å². The fourth-order valence-corrected chi connectivity index (χ4v) is 2.85. The Bertz CT molecular complexity index is 798. The van der Waals surface area contributed by atoms with Crippen LogP contribution in [0.1, 0.15) is 50.7 Å². The van der Waals surface area contributed by atoms with E-state index in [0.717, 1.165) is 12.1 Å². The molecule has 144 valence electrons. The number of ether oxygens (including phenoxy) is 1. The zero-order valence-corrected chi connectivity index (χ0v) is 15.4. The molecule has 0 amide bonds. The lowest BCUT2D eigenvalue weighted by atomic mass is 9.88. The summed E-state index contributed by atoms with van der Waals surface area (Å²) in [6.07, 6.45) is -0.299. The molecule has 1 aliphatic carbocycles. The highest BCUT2D eigenvalue weighted by molar-refractivity contribution is 5.95. The largest absolute Gasteiger partial charge is 0.462 e. The third-order valence-corrected chi connectivity index (χ3v) is 4.37. The normalized spacial score (nSPS) is 16.6. The van der Waals surface area contributed by atoms with Crippen LogP contribution in [-0.2, 0) is 15.7 Å². The van der Waals surface area contributed by atoms with Crippen LogP contribution < -0.4 is 0 Å². The summed E-state index contributed by atoms with van der Waals surface area (Å²) in [7, 11) is 0. The standard InChI is InChI=1S/C21H22F3NO2/c1-14(2)9-10-27-20(26)19(13-25)17-7-3-5-15(11-17)16-6-4-8-18(12-16)21(22,23)24/h4,6,8,11-12,14H,3,5,7,9-10H2,1-2H3/b19-17+. The van der Waals surface area contributed by atoms with Gasteiger partial charge in [0.1, 0.15) is 11.6 Å². The third kappa shape index (κ3) is 5.72. The van der Waals surface area contributed by atoms with Gasteiger partial charge in [0.15, 0.2) is 0 Å². The summed E-state index contributed by atoms with van der Waals surface area (Å²) in [6.45, 7) is 4.24. The smallest absolute Gasteiger partial charge is 0.416 e. The fourth-order valence-electron chi connectivity index (χ4n) is 2.85. The van der Waals surface area contributed by atoms with E-state index in [9.17, 15) is 23.2 Å². The van der Waals surface area contributed by atoms with Crippen LogP contribution in [0.5, 0.6) is 0 Å². The van der Waals surface area contributed by atoms with Gasteiger partial charge in [-0.15, -0.1) is 0 Å². The third-order valence-electron chi connectivity index (χ3n) is 4.37. The number of benzene rings is 1. The summed E-state index contributed by atoms with van der Waals surface area (Å²) < 4.78 is 44.0. The van der Waals surface area contributed by atoms with E-state index < -0.39 is 17.7 Å². The van der Waals surface area contributed by atoms with Crippen molar-refractivity contribution in [3.8, 4) is 6.07 Å². The highest BCUT2D eigenvalue weighted by Crippen LogP contribution is 2.35. The highest BCUT2D eigenvalue weighted by Gasteiger charge is 2.30. The Kier molecular flexibility index (Phi) is 6.84. The van der Waals surface area contributed by atoms with Crippen LogP contribution in [0.15, 0.2) is 41.5 Å². The van der Waals surface area contributed by atoms with Gasteiger partial charge in [-0.2, -0.15) is 18.4 Å². The lowest BCUT2D eigenvalue weighted by molar-refractivity contribution is -0.139. The molecule has 0 atom stereocenters. The molecule has 0 aromatic heterocycles. The van der Waals surface area contributed by atoms with Crippen LogP contribution in [0, 0.1) is 17.2 Å². The maximum atomic E-state index is 12.9. The molecule has 1 aromatic rings. The first-order valence-corrected chi connectivity index (χ1v) is 8.91. The van der Waals surface area contributed by atoms with Gasteiger partial charge in [-0.1, -0.05) is 32.1 Å². The van der Waals surface area contributed by atoms with E-state index in [-0.39, 0.29) is 12.2 Å². The topological polar surface area (TPSA) is 50.1 Å². The number of carbonyl (C=O) groups is 1. The number of alkyl halides is 3. The molecule has 2 rings (SSSR count). The first kappa shape index (κ1) is 20.8. The van der Waals surface area contributed by atoms with Crippen molar-refractivity contribution in [2.45, 2.75) is 45.7 Å². The quantitative estimate of drug-likeness (QED) is 0.377. The lowest BCUT2D eigenvalue weighted by Gasteiger charge is -2.18. The summed E-state index contributed by atoms with van der Waals surface area (Å²) in [5, 5.41) is 9.38. The van der Waals surface area contributed by atoms with Crippen LogP contribution in [0.3, 0.4) is 0 Å². The van der Waals surface area contributed by atoms with Gasteiger partial charge in [0.05, 0.1) is 12.2 Å². The number of hydrogen-bond acceptors (Lipinski definition) is 3. The molecule has 6 heteroatoms. The highest BCUT2D eigenvalue weighted by atomic mass is 19.4. The van der Waals surface area contributed by atoms with Gasteiger partial charge in [0, 0.05) is 0 Å². The molecule has 0 aliphatic heterocycles. The number of esters is 1. The molecule has 0 spiro atoms. The number of hydrogen-bond donors (Lipinski definition) is 0. The number of halogens is 3. The van der Waals surface area contributed by atoms with E-state index in [4.69, 9.17) is 4.74 Å². The molecule has 0 heterocycles. The molecule has 1 aliphatic rings. The predicted molar refractivity (Wildman–Crippen MR) is 96.3 cm³/mol. The second-order valence-corrected chi connectivity index (χ2v) is 6.93. The molecule has 0 saturated heterocycles. The van der Waals surface area contributed by atoms with Crippen LogP contribution in [-0.4, -0.2) is 12.6 Å². The number of rotatable bonds is 5. The SMILES string of the molecule is CC(C)CCOC(=O)/C(C#N)=C1/C=C(c2cccc(C(F)(F)F)c2)CCC1. The van der Waals surface area contributed by atoms with Gasteiger partial charge in [-0.25, -0.2) is 4.79 Å². The van der Waals surface area contributed by atoms with E-state index in [1.807, 2.05) is 19.9 Å². The van der Waals surface area contributed by atoms with Crippen molar-refractivity contribution in [2.75, 3.05) is 6.61 Å². The van der Waals surface area contributed by atoms with Crippen LogP contribution >= 0.6 is 0 Å². The van der Waals surface area contributed by atoms with Crippen LogP contribution in [0.4, 0.5) is 13.2 Å². The van der Waals surface area contributed by atoms with Gasteiger partial charge in [0.2, 0.25) is 0 Å². The Morgan fingerprint density at radius 1 is 1.30 bits per heavy atom. The summed E-state index contributed by atoms with van der Waals surface area (Å²) in [4.78, 5) is 12.2. The summed E-state index contributed by atoms with van der Waals surface area (Å²) >= 11 is 0. The van der Waals surface area contributed by atoms with Gasteiger partial charge < -0.3 is 4.74 Å². The maximum absolute atomic E-state index is 12.9. The van der Waals surface area contributed by atoms with Crippen molar-refractivity contribution in [1.29, 1.82) is 5.26 Å². The van der Waals surface area contributed by atoms with Crippen molar-refractivity contribution in [1.82, 2.24) is 0 Å². The molecule has 1 aromatic carbocycles. The minimum atomic E-state index is -4.41. The van der Waals surface area contributed by atoms with Gasteiger partial charge in [-0.05, 0) is 60.4 Å². The fraction of sp³-hybridized carbons (Fsp3) is 0.429. The van der Waals surface area contributed by atoms with Crippen molar-refractivity contribution < 1.29 is 22.7 Å². The Hall–Kier alpha value is -2.55. The van der Waals surface area contributed by atoms with Crippen molar-refractivity contribution in [3.63, 3.8) is 0 Å². The second-order valence-electron chi connectivity index (χ2n) is 6.93. The minimum absolute atomic E-state index is 0.0667. The molecular weight excluding hydrogens is 355 g/mol. The van der Waals surface area contributed by atoms with Gasteiger partial charge >= 0.3 is 12.1 Å². The number of allylic oxidation sites excluding steroid dienone is 3. The van der Waals surface area contributed by atoms with E-state index in [1.165, 1.54) is 6.07 Å². The molecule has 27 heavy (non-hydrogen) atoms. The number of nitrogens with zero attached hydrogens (tertiary/aromatic N) is 1. The average Bonchev–Trinajstić information content (AvgIpc) is 2.62. The van der Waals surface area contributed by atoms with Gasteiger partial charge in [0.25, 0.3) is 0 Å². The predicted octanol–water partition coefficient (Wildman–Crippen LogP) is 5.68. The Morgan fingerprint density at radius 2 is 2.04 bits per heavy atom. The molecule has 0 bridgehead atoms. The van der Waals surface area contributed by atoms with Crippen molar-refractivity contribution in [3.05, 3.63) is 52.6 Å². The van der Waals surface area contributed by atoms with E-state index in [0.29, 0.717) is 48.3 Å². The molecule has 0 unspecified atom stereocenters. The van der Waals surface area contributed by atoms with Gasteiger partial charge in [-0.3, -0.25) is 0 Å². The Balaban J connectivity index is 2.29. The lowest BCUT2D eigenvalue weighted by Crippen LogP contribution is -2.12. The molecular formula is C21H22F3NO2. The monoisotopic (exact) mass is 377 g/mol. The minimum Gasteiger partial charge on any atom is -0.462 e. The molecule has 0 saturated carbocycles.